The number of aliphatic hydroxyl groups excluding tert-OH is 1. The van der Waals surface area contributed by atoms with Gasteiger partial charge in [-0.1, -0.05) is 0 Å². The topological polar surface area (TPSA) is 46.4 Å². The molecule has 0 saturated heterocycles. The van der Waals surface area contributed by atoms with Crippen LogP contribution in [0.1, 0.15) is 19.0 Å². The van der Waals surface area contributed by atoms with Gasteiger partial charge < -0.3 is 19.7 Å². The zero-order valence-electron chi connectivity index (χ0n) is 10.1. The Kier molecular flexibility index (Phi) is 6.15. The van der Waals surface area contributed by atoms with Gasteiger partial charge in [0.1, 0.15) is 0 Å². The fourth-order valence-electron chi connectivity index (χ4n) is 1.77. The summed E-state index contributed by atoms with van der Waals surface area (Å²) in [5.41, 5.74) is 1.27. The molecule has 1 heterocycles. The van der Waals surface area contributed by atoms with Gasteiger partial charge in [-0.3, -0.25) is 0 Å². The Morgan fingerprint density at radius 3 is 3.00 bits per heavy atom. The fraction of sp³-hybridized carbons (Fsp3) is 0.667. The van der Waals surface area contributed by atoms with Gasteiger partial charge in [0, 0.05) is 44.7 Å². The van der Waals surface area contributed by atoms with Gasteiger partial charge >= 0.3 is 0 Å². The minimum Gasteiger partial charge on any atom is -0.396 e. The number of hydrogen-bond donors (Lipinski definition) is 2. The van der Waals surface area contributed by atoms with Crippen molar-refractivity contribution in [3.8, 4) is 0 Å². The lowest BCUT2D eigenvalue weighted by Crippen LogP contribution is -2.34. The first-order valence-corrected chi connectivity index (χ1v) is 5.79. The molecule has 1 aromatic heterocycles. The van der Waals surface area contributed by atoms with Gasteiger partial charge in [-0.25, -0.2) is 0 Å². The lowest BCUT2D eigenvalue weighted by atomic mass is 10.2. The normalized spacial score (nSPS) is 12.9. The van der Waals surface area contributed by atoms with Crippen molar-refractivity contribution in [3.63, 3.8) is 0 Å². The molecule has 0 aliphatic carbocycles. The zero-order valence-corrected chi connectivity index (χ0v) is 10.1. The molecule has 92 valence electrons. The van der Waals surface area contributed by atoms with Crippen molar-refractivity contribution in [3.05, 3.63) is 24.0 Å². The summed E-state index contributed by atoms with van der Waals surface area (Å²) in [6.07, 6.45) is 2.80. The first-order chi connectivity index (χ1) is 7.81. The third-order valence-electron chi connectivity index (χ3n) is 2.68. The van der Waals surface area contributed by atoms with E-state index in [0.29, 0.717) is 6.61 Å². The Bertz CT molecular complexity index is 280. The van der Waals surface area contributed by atoms with Crippen LogP contribution in [0, 0.1) is 0 Å². The smallest absolute Gasteiger partial charge is 0.0616 e. The van der Waals surface area contributed by atoms with Crippen molar-refractivity contribution in [2.75, 3.05) is 20.3 Å². The number of nitrogens with zero attached hydrogens (tertiary/aromatic N) is 1. The van der Waals surface area contributed by atoms with Gasteiger partial charge in [-0.05, 0) is 25.5 Å². The van der Waals surface area contributed by atoms with Gasteiger partial charge in [0.05, 0.1) is 6.61 Å². The van der Waals surface area contributed by atoms with Crippen LogP contribution in [-0.2, 0) is 17.8 Å². The molecule has 0 aromatic carbocycles. The second-order valence-electron chi connectivity index (χ2n) is 3.83. The van der Waals surface area contributed by atoms with Crippen LogP contribution in [0.15, 0.2) is 18.3 Å². The number of aliphatic hydroxyl groups is 1. The van der Waals surface area contributed by atoms with Gasteiger partial charge in [0.15, 0.2) is 0 Å². The summed E-state index contributed by atoms with van der Waals surface area (Å²) in [5, 5.41) is 12.3. The Labute approximate surface area is 97.2 Å². The average Bonchev–Trinajstić information content (AvgIpc) is 2.74. The van der Waals surface area contributed by atoms with Crippen molar-refractivity contribution in [2.45, 2.75) is 32.5 Å². The van der Waals surface area contributed by atoms with Crippen LogP contribution in [0.4, 0.5) is 0 Å². The number of ether oxygens (including phenoxy) is 1. The van der Waals surface area contributed by atoms with E-state index in [1.165, 1.54) is 5.69 Å². The highest BCUT2D eigenvalue weighted by atomic mass is 16.5. The predicted octanol–water partition coefficient (Wildman–Crippen LogP) is 0.995. The predicted molar refractivity (Wildman–Crippen MR) is 64.3 cm³/mol. The average molecular weight is 226 g/mol. The van der Waals surface area contributed by atoms with E-state index in [0.717, 1.165) is 19.5 Å². The molecule has 4 nitrogen and oxygen atoms in total. The fourth-order valence-corrected chi connectivity index (χ4v) is 1.77. The van der Waals surface area contributed by atoms with Crippen LogP contribution < -0.4 is 5.32 Å². The largest absolute Gasteiger partial charge is 0.396 e. The molecule has 2 N–H and O–H groups in total. The first-order valence-electron chi connectivity index (χ1n) is 5.79. The van der Waals surface area contributed by atoms with E-state index >= 15 is 0 Å². The molecule has 0 amide bonds. The lowest BCUT2D eigenvalue weighted by molar-refractivity contribution is 0.147. The number of aromatic nitrogens is 1. The van der Waals surface area contributed by atoms with Crippen LogP contribution in [0.25, 0.3) is 0 Å². The molecule has 0 aliphatic rings. The van der Waals surface area contributed by atoms with Gasteiger partial charge in [0.25, 0.3) is 0 Å². The van der Waals surface area contributed by atoms with E-state index in [1.807, 2.05) is 0 Å². The number of rotatable bonds is 8. The van der Waals surface area contributed by atoms with Crippen molar-refractivity contribution < 1.29 is 9.84 Å². The summed E-state index contributed by atoms with van der Waals surface area (Å²) in [6, 6.07) is 4.38. The van der Waals surface area contributed by atoms with Crippen LogP contribution in [-0.4, -0.2) is 36.0 Å². The summed E-state index contributed by atoms with van der Waals surface area (Å²) in [4.78, 5) is 0. The first kappa shape index (κ1) is 13.2. The van der Waals surface area contributed by atoms with Gasteiger partial charge in [-0.2, -0.15) is 0 Å². The minimum absolute atomic E-state index is 0.190. The van der Waals surface area contributed by atoms with Crippen molar-refractivity contribution >= 4 is 0 Å². The van der Waals surface area contributed by atoms with Crippen LogP contribution in [0.5, 0.6) is 0 Å². The van der Waals surface area contributed by atoms with Crippen LogP contribution in [0.2, 0.25) is 0 Å². The molecule has 0 bridgehead atoms. The van der Waals surface area contributed by atoms with E-state index in [-0.39, 0.29) is 12.6 Å². The summed E-state index contributed by atoms with van der Waals surface area (Å²) in [5.74, 6) is 0. The highest BCUT2D eigenvalue weighted by Crippen LogP contribution is 2.03. The molecular formula is C12H22N2O2. The second-order valence-corrected chi connectivity index (χ2v) is 3.83. The highest BCUT2D eigenvalue weighted by Gasteiger charge is 2.08. The summed E-state index contributed by atoms with van der Waals surface area (Å²) >= 11 is 0. The minimum atomic E-state index is 0.190. The second kappa shape index (κ2) is 7.44. The quantitative estimate of drug-likeness (QED) is 0.695. The molecule has 0 fully saturated rings. The molecule has 1 aromatic rings. The summed E-state index contributed by atoms with van der Waals surface area (Å²) < 4.78 is 7.31. The molecule has 0 spiro atoms. The molecule has 4 heteroatoms. The summed E-state index contributed by atoms with van der Waals surface area (Å²) in [6.45, 7) is 4.75. The van der Waals surface area contributed by atoms with Crippen LogP contribution >= 0.6 is 0 Å². The van der Waals surface area contributed by atoms with Crippen molar-refractivity contribution in [1.29, 1.82) is 0 Å². The molecule has 1 atom stereocenters. The number of methoxy groups -OCH3 is 1. The maximum Gasteiger partial charge on any atom is 0.0616 e. The Morgan fingerprint density at radius 2 is 2.38 bits per heavy atom. The maximum absolute atomic E-state index is 8.92. The molecule has 1 unspecified atom stereocenters. The molecule has 16 heavy (non-hydrogen) atoms. The SMILES string of the molecule is CCn1cccc1CNC(CCO)COC. The number of nitrogens with one attached hydrogen (secondary N) is 1. The molecular weight excluding hydrogens is 204 g/mol. The molecule has 0 radical (unpaired) electrons. The number of aryl methyl sites for hydroxylation is 1. The third-order valence-corrected chi connectivity index (χ3v) is 2.68. The third kappa shape index (κ3) is 3.96. The Hall–Kier alpha value is -0.840. The van der Waals surface area contributed by atoms with E-state index < -0.39 is 0 Å². The van der Waals surface area contributed by atoms with Gasteiger partial charge in [-0.15, -0.1) is 0 Å². The standard InChI is InChI=1S/C12H22N2O2/c1-3-14-7-4-5-12(14)9-13-11(6-8-15)10-16-2/h4-5,7,11,13,15H,3,6,8-10H2,1-2H3. The van der Waals surface area contributed by atoms with E-state index in [9.17, 15) is 0 Å². The van der Waals surface area contributed by atoms with Crippen molar-refractivity contribution in [2.24, 2.45) is 0 Å². The molecule has 0 saturated carbocycles. The van der Waals surface area contributed by atoms with E-state index in [4.69, 9.17) is 9.84 Å². The van der Waals surface area contributed by atoms with Crippen molar-refractivity contribution in [1.82, 2.24) is 9.88 Å². The van der Waals surface area contributed by atoms with Gasteiger partial charge in [0.2, 0.25) is 0 Å². The molecule has 1 rings (SSSR count). The monoisotopic (exact) mass is 226 g/mol. The highest BCUT2D eigenvalue weighted by molar-refractivity contribution is 5.06. The lowest BCUT2D eigenvalue weighted by Gasteiger charge is -2.17. The Balaban J connectivity index is 2.41. The Morgan fingerprint density at radius 1 is 1.56 bits per heavy atom. The summed E-state index contributed by atoms with van der Waals surface area (Å²) in [7, 11) is 1.68. The van der Waals surface area contributed by atoms with Crippen LogP contribution in [0.3, 0.4) is 0 Å². The van der Waals surface area contributed by atoms with E-state index in [1.54, 1.807) is 7.11 Å². The van der Waals surface area contributed by atoms with E-state index in [2.05, 4.69) is 35.1 Å². The molecule has 0 aliphatic heterocycles. The maximum atomic E-state index is 8.92. The number of hydrogen-bond acceptors (Lipinski definition) is 3. The zero-order chi connectivity index (χ0) is 11.8.